The Morgan fingerprint density at radius 2 is 1.75 bits per heavy atom. The topological polar surface area (TPSA) is 101 Å². The van der Waals surface area contributed by atoms with Crippen LogP contribution in [0, 0.1) is 0 Å². The van der Waals surface area contributed by atoms with E-state index in [1.807, 2.05) is 0 Å². The molecule has 0 spiro atoms. The molecule has 3 rings (SSSR count). The van der Waals surface area contributed by atoms with Crippen molar-refractivity contribution in [3.8, 4) is 11.5 Å². The number of hydrogen-bond donors (Lipinski definition) is 1. The Labute approximate surface area is 189 Å². The number of aromatic nitrogens is 2. The first-order valence-corrected chi connectivity index (χ1v) is 10.2. The lowest BCUT2D eigenvalue weighted by molar-refractivity contribution is -0.116. The number of nitrogens with one attached hydrogen (secondary N) is 1. The summed E-state index contributed by atoms with van der Waals surface area (Å²) >= 11 is 6.17. The summed E-state index contributed by atoms with van der Waals surface area (Å²) in [6.45, 7) is 0.272. The minimum Gasteiger partial charge on any atom is -0.495 e. The number of halogens is 1. The zero-order chi connectivity index (χ0) is 23.3. The van der Waals surface area contributed by atoms with Crippen LogP contribution in [0.1, 0.15) is 6.42 Å². The van der Waals surface area contributed by atoms with Crippen molar-refractivity contribution in [2.75, 3.05) is 33.3 Å². The van der Waals surface area contributed by atoms with Crippen molar-refractivity contribution in [3.63, 3.8) is 0 Å². The molecular formula is C22H24ClN3O6. The van der Waals surface area contributed by atoms with Crippen LogP contribution >= 0.6 is 11.6 Å². The van der Waals surface area contributed by atoms with Gasteiger partial charge in [-0.1, -0.05) is 23.7 Å². The molecule has 0 aliphatic rings. The van der Waals surface area contributed by atoms with Gasteiger partial charge < -0.3 is 19.5 Å². The number of hydrogen-bond acceptors (Lipinski definition) is 6. The van der Waals surface area contributed by atoms with Gasteiger partial charge in [0.2, 0.25) is 5.91 Å². The van der Waals surface area contributed by atoms with Crippen LogP contribution in [0.4, 0.5) is 5.69 Å². The molecule has 3 aromatic rings. The summed E-state index contributed by atoms with van der Waals surface area (Å²) in [7, 11) is 4.47. The molecule has 0 aliphatic heterocycles. The average molecular weight is 462 g/mol. The average Bonchev–Trinajstić information content (AvgIpc) is 2.79. The SMILES string of the molecule is COCCCn1c(=O)c2ccccc2n(CC(=O)Nc2cc(Cl)c(OC)cc2OC)c1=O. The minimum absolute atomic E-state index is 0.180. The lowest BCUT2D eigenvalue weighted by Gasteiger charge is -2.16. The molecule has 0 saturated heterocycles. The maximum atomic E-state index is 13.1. The molecule has 170 valence electrons. The summed E-state index contributed by atoms with van der Waals surface area (Å²) in [5.41, 5.74) is -0.268. The molecular weight excluding hydrogens is 438 g/mol. The van der Waals surface area contributed by atoms with Crippen molar-refractivity contribution in [2.24, 2.45) is 0 Å². The molecule has 0 unspecified atom stereocenters. The van der Waals surface area contributed by atoms with Crippen molar-refractivity contribution >= 4 is 34.1 Å². The van der Waals surface area contributed by atoms with Crippen molar-refractivity contribution in [3.05, 3.63) is 62.3 Å². The summed E-state index contributed by atoms with van der Waals surface area (Å²) in [4.78, 5) is 38.8. The van der Waals surface area contributed by atoms with Gasteiger partial charge in [0.15, 0.2) is 0 Å². The number of anilines is 1. The number of carbonyl (C=O) groups excluding carboxylic acids is 1. The fourth-order valence-corrected chi connectivity index (χ4v) is 3.62. The second kappa shape index (κ2) is 10.3. The number of para-hydroxylation sites is 1. The van der Waals surface area contributed by atoms with Gasteiger partial charge >= 0.3 is 5.69 Å². The minimum atomic E-state index is -0.570. The Bertz CT molecular complexity index is 1250. The molecule has 1 amide bonds. The number of benzene rings is 2. The molecule has 0 radical (unpaired) electrons. The number of rotatable bonds is 9. The number of methoxy groups -OCH3 is 3. The zero-order valence-corrected chi connectivity index (χ0v) is 18.8. The molecule has 9 nitrogen and oxygen atoms in total. The highest BCUT2D eigenvalue weighted by molar-refractivity contribution is 6.32. The Balaban J connectivity index is 1.98. The monoisotopic (exact) mass is 461 g/mol. The van der Waals surface area contributed by atoms with Crippen LogP contribution in [0.5, 0.6) is 11.5 Å². The number of ether oxygens (including phenoxy) is 3. The predicted octanol–water partition coefficient (Wildman–Crippen LogP) is 2.51. The Morgan fingerprint density at radius 3 is 2.44 bits per heavy atom. The number of fused-ring (bicyclic) bond motifs is 1. The van der Waals surface area contributed by atoms with E-state index in [1.54, 1.807) is 37.4 Å². The third-order valence-electron chi connectivity index (χ3n) is 4.91. The molecule has 1 aromatic heterocycles. The van der Waals surface area contributed by atoms with Gasteiger partial charge in [-0.25, -0.2) is 4.79 Å². The van der Waals surface area contributed by atoms with E-state index in [0.29, 0.717) is 41.1 Å². The highest BCUT2D eigenvalue weighted by Gasteiger charge is 2.17. The molecule has 1 N–H and O–H groups in total. The zero-order valence-electron chi connectivity index (χ0n) is 18.0. The molecule has 0 aliphatic carbocycles. The predicted molar refractivity (Wildman–Crippen MR) is 122 cm³/mol. The van der Waals surface area contributed by atoms with Crippen LogP contribution in [0.3, 0.4) is 0 Å². The van der Waals surface area contributed by atoms with Gasteiger partial charge in [0.05, 0.1) is 35.8 Å². The quantitative estimate of drug-likeness (QED) is 0.491. The maximum absolute atomic E-state index is 13.1. The van der Waals surface area contributed by atoms with E-state index >= 15 is 0 Å². The number of amides is 1. The van der Waals surface area contributed by atoms with E-state index in [2.05, 4.69) is 5.32 Å². The summed E-state index contributed by atoms with van der Waals surface area (Å²) in [5.74, 6) is 0.257. The highest BCUT2D eigenvalue weighted by atomic mass is 35.5. The second-order valence-electron chi connectivity index (χ2n) is 6.92. The fourth-order valence-electron chi connectivity index (χ4n) is 3.38. The number of carbonyl (C=O) groups is 1. The van der Waals surface area contributed by atoms with Crippen LogP contribution < -0.4 is 26.0 Å². The molecule has 2 aromatic carbocycles. The van der Waals surface area contributed by atoms with E-state index in [0.717, 1.165) is 4.57 Å². The first-order valence-electron chi connectivity index (χ1n) is 9.84. The Kier molecular flexibility index (Phi) is 7.55. The van der Waals surface area contributed by atoms with Crippen LogP contribution in [0.25, 0.3) is 10.9 Å². The molecule has 0 fully saturated rings. The van der Waals surface area contributed by atoms with Gasteiger partial charge in [-0.05, 0) is 24.6 Å². The van der Waals surface area contributed by atoms with Crippen LogP contribution in [0.15, 0.2) is 46.0 Å². The van der Waals surface area contributed by atoms with Gasteiger partial charge in [0.25, 0.3) is 5.56 Å². The summed E-state index contributed by atoms with van der Waals surface area (Å²) in [6.07, 6.45) is 0.484. The van der Waals surface area contributed by atoms with Crippen molar-refractivity contribution in [2.45, 2.75) is 19.5 Å². The van der Waals surface area contributed by atoms with Crippen LogP contribution in [0.2, 0.25) is 5.02 Å². The van der Waals surface area contributed by atoms with Crippen molar-refractivity contribution in [1.82, 2.24) is 9.13 Å². The standard InChI is InChI=1S/C22H24ClN3O6/c1-30-10-6-9-25-21(28)14-7-4-5-8-17(14)26(22(25)29)13-20(27)24-16-11-15(23)18(31-2)12-19(16)32-3/h4-5,7-8,11-12H,6,9-10,13H2,1-3H3,(H,24,27). The van der Waals surface area contributed by atoms with E-state index in [4.69, 9.17) is 25.8 Å². The lowest BCUT2D eigenvalue weighted by Crippen LogP contribution is -2.42. The maximum Gasteiger partial charge on any atom is 0.331 e. The van der Waals surface area contributed by atoms with Crippen LogP contribution in [-0.2, 0) is 22.6 Å². The van der Waals surface area contributed by atoms with Gasteiger partial charge in [0, 0.05) is 26.3 Å². The summed E-state index contributed by atoms with van der Waals surface area (Å²) < 4.78 is 17.9. The molecule has 0 bridgehead atoms. The van der Waals surface area contributed by atoms with E-state index in [1.165, 1.54) is 24.9 Å². The molecule has 32 heavy (non-hydrogen) atoms. The van der Waals surface area contributed by atoms with Crippen LogP contribution in [-0.4, -0.2) is 43.0 Å². The van der Waals surface area contributed by atoms with Crippen molar-refractivity contribution in [1.29, 1.82) is 0 Å². The van der Waals surface area contributed by atoms with Gasteiger partial charge in [-0.15, -0.1) is 0 Å². The van der Waals surface area contributed by atoms with Gasteiger partial charge in [-0.3, -0.25) is 18.7 Å². The van der Waals surface area contributed by atoms with Gasteiger partial charge in [0.1, 0.15) is 18.0 Å². The largest absolute Gasteiger partial charge is 0.495 e. The molecule has 10 heteroatoms. The molecule has 0 atom stereocenters. The smallest absolute Gasteiger partial charge is 0.331 e. The fraction of sp³-hybridized carbons (Fsp3) is 0.318. The molecule has 1 heterocycles. The first kappa shape index (κ1) is 23.4. The van der Waals surface area contributed by atoms with Gasteiger partial charge in [-0.2, -0.15) is 0 Å². The lowest BCUT2D eigenvalue weighted by atomic mass is 10.2. The third-order valence-corrected chi connectivity index (χ3v) is 5.21. The Morgan fingerprint density at radius 1 is 1.03 bits per heavy atom. The van der Waals surface area contributed by atoms with E-state index in [-0.39, 0.29) is 18.1 Å². The Hall–Kier alpha value is -3.30. The first-order chi connectivity index (χ1) is 15.4. The van der Waals surface area contributed by atoms with E-state index < -0.39 is 17.2 Å². The number of nitrogens with zero attached hydrogens (tertiary/aromatic N) is 2. The van der Waals surface area contributed by atoms with Crippen molar-refractivity contribution < 1.29 is 19.0 Å². The summed E-state index contributed by atoms with van der Waals surface area (Å²) in [5, 5.41) is 3.35. The normalized spacial score (nSPS) is 10.9. The molecule has 0 saturated carbocycles. The summed E-state index contributed by atoms with van der Waals surface area (Å²) in [6, 6.07) is 9.74. The highest BCUT2D eigenvalue weighted by Crippen LogP contribution is 2.35. The third kappa shape index (κ3) is 4.79. The van der Waals surface area contributed by atoms with E-state index in [9.17, 15) is 14.4 Å². The second-order valence-corrected chi connectivity index (χ2v) is 7.33.